The van der Waals surface area contributed by atoms with Crippen LogP contribution in [0, 0.1) is 11.3 Å². The Bertz CT molecular complexity index is 937. The fourth-order valence-electron chi connectivity index (χ4n) is 3.92. The van der Waals surface area contributed by atoms with E-state index in [0.29, 0.717) is 18.4 Å². The lowest BCUT2D eigenvalue weighted by Gasteiger charge is -2.43. The molecule has 0 spiro atoms. The maximum absolute atomic E-state index is 12.9. The zero-order valence-corrected chi connectivity index (χ0v) is 17.4. The van der Waals surface area contributed by atoms with E-state index in [1.807, 2.05) is 30.0 Å². The number of anilines is 1. The number of pyridine rings is 1. The minimum absolute atomic E-state index is 0.0526. The Hall–Kier alpha value is -3.08. The largest absolute Gasteiger partial charge is 0.406 e. The highest BCUT2D eigenvalue weighted by Gasteiger charge is 2.39. The SMILES string of the molecule is CCCCC1CN(CC(F)(F)F)C(=O)CN1c1ccncc1Cc1ccc(C#N)cc1. The number of nitrogens with zero attached hydrogens (tertiary/aromatic N) is 4. The first-order chi connectivity index (χ1) is 14.8. The van der Waals surface area contributed by atoms with Gasteiger partial charge in [0.2, 0.25) is 5.91 Å². The lowest BCUT2D eigenvalue weighted by atomic mass is 9.99. The second kappa shape index (κ2) is 9.82. The number of unbranched alkanes of at least 4 members (excludes halogenated alkanes) is 1. The van der Waals surface area contributed by atoms with Gasteiger partial charge in [0.15, 0.2) is 0 Å². The van der Waals surface area contributed by atoms with E-state index in [1.54, 1.807) is 24.5 Å². The summed E-state index contributed by atoms with van der Waals surface area (Å²) in [5.41, 5.74) is 3.27. The molecule has 164 valence electrons. The first-order valence-electron chi connectivity index (χ1n) is 10.3. The summed E-state index contributed by atoms with van der Waals surface area (Å²) in [5.74, 6) is -0.522. The van der Waals surface area contributed by atoms with E-state index in [1.165, 1.54) is 0 Å². The molecule has 1 unspecified atom stereocenters. The molecule has 0 saturated carbocycles. The van der Waals surface area contributed by atoms with Crippen molar-refractivity contribution in [2.24, 2.45) is 0 Å². The minimum atomic E-state index is -4.41. The number of piperazine rings is 1. The van der Waals surface area contributed by atoms with Crippen molar-refractivity contribution in [3.63, 3.8) is 0 Å². The standard InChI is InChI=1S/C23H25F3N4O/c1-2-3-4-20-14-29(16-23(24,25)26)22(31)15-30(20)21-9-10-28-13-19(21)11-17-5-7-18(12-27)8-6-17/h5-10,13,20H,2-4,11,14-16H2,1H3. The molecule has 0 bridgehead atoms. The fraction of sp³-hybridized carbons (Fsp3) is 0.435. The third-order valence-corrected chi connectivity index (χ3v) is 5.46. The van der Waals surface area contributed by atoms with Crippen LogP contribution in [0.4, 0.5) is 18.9 Å². The van der Waals surface area contributed by atoms with E-state index in [0.717, 1.165) is 34.6 Å². The lowest BCUT2D eigenvalue weighted by Crippen LogP contribution is -2.58. The van der Waals surface area contributed by atoms with Gasteiger partial charge in [-0.3, -0.25) is 9.78 Å². The predicted octanol–water partition coefficient (Wildman–Crippen LogP) is 4.31. The maximum atomic E-state index is 12.9. The number of aromatic nitrogens is 1. The molecule has 1 aliphatic rings. The van der Waals surface area contributed by atoms with Gasteiger partial charge >= 0.3 is 6.18 Å². The molecule has 1 amide bonds. The first kappa shape index (κ1) is 22.6. The molecule has 5 nitrogen and oxygen atoms in total. The van der Waals surface area contributed by atoms with E-state index in [4.69, 9.17) is 5.26 Å². The van der Waals surface area contributed by atoms with E-state index < -0.39 is 18.6 Å². The normalized spacial score (nSPS) is 17.0. The second-order valence-corrected chi connectivity index (χ2v) is 7.80. The van der Waals surface area contributed by atoms with E-state index in [9.17, 15) is 18.0 Å². The molecule has 1 aromatic heterocycles. The van der Waals surface area contributed by atoms with Crippen LogP contribution in [-0.2, 0) is 11.2 Å². The van der Waals surface area contributed by atoms with Crippen molar-refractivity contribution in [3.8, 4) is 6.07 Å². The number of amides is 1. The van der Waals surface area contributed by atoms with Crippen molar-refractivity contribution in [1.29, 1.82) is 5.26 Å². The van der Waals surface area contributed by atoms with Gasteiger partial charge in [0.1, 0.15) is 6.54 Å². The van der Waals surface area contributed by atoms with Gasteiger partial charge in [-0.1, -0.05) is 31.9 Å². The Morgan fingerprint density at radius 3 is 2.61 bits per heavy atom. The van der Waals surface area contributed by atoms with Crippen LogP contribution in [0.1, 0.15) is 42.9 Å². The number of hydrogen-bond acceptors (Lipinski definition) is 4. The summed E-state index contributed by atoms with van der Waals surface area (Å²) < 4.78 is 38.8. The Labute approximate surface area is 180 Å². The molecule has 1 saturated heterocycles. The number of carbonyl (C=O) groups is 1. The summed E-state index contributed by atoms with van der Waals surface area (Å²) in [4.78, 5) is 19.6. The molecular formula is C23H25F3N4O. The number of rotatable bonds is 7. The minimum Gasteiger partial charge on any atom is -0.357 e. The fourth-order valence-corrected chi connectivity index (χ4v) is 3.92. The number of hydrogen-bond donors (Lipinski definition) is 0. The molecule has 31 heavy (non-hydrogen) atoms. The highest BCUT2D eigenvalue weighted by Crippen LogP contribution is 2.30. The maximum Gasteiger partial charge on any atom is 0.406 e. The zero-order valence-electron chi connectivity index (χ0n) is 17.4. The third-order valence-electron chi connectivity index (χ3n) is 5.46. The van der Waals surface area contributed by atoms with Gasteiger partial charge in [-0.25, -0.2) is 0 Å². The van der Waals surface area contributed by atoms with Crippen LogP contribution in [0.5, 0.6) is 0 Å². The topological polar surface area (TPSA) is 60.2 Å². The van der Waals surface area contributed by atoms with Crippen LogP contribution >= 0.6 is 0 Å². The Balaban J connectivity index is 1.87. The molecule has 1 aliphatic heterocycles. The van der Waals surface area contributed by atoms with Crippen LogP contribution in [-0.4, -0.2) is 47.6 Å². The van der Waals surface area contributed by atoms with Gasteiger partial charge in [0.25, 0.3) is 0 Å². The van der Waals surface area contributed by atoms with Crippen molar-refractivity contribution < 1.29 is 18.0 Å². The molecule has 1 atom stereocenters. The van der Waals surface area contributed by atoms with Crippen molar-refractivity contribution in [3.05, 3.63) is 59.4 Å². The van der Waals surface area contributed by atoms with E-state index in [-0.39, 0.29) is 19.1 Å². The number of halogens is 3. The molecule has 2 aromatic rings. The summed E-state index contributed by atoms with van der Waals surface area (Å²) in [6, 6.07) is 11.0. The van der Waals surface area contributed by atoms with Crippen molar-refractivity contribution >= 4 is 11.6 Å². The monoisotopic (exact) mass is 430 g/mol. The van der Waals surface area contributed by atoms with Gasteiger partial charge in [-0.2, -0.15) is 18.4 Å². The second-order valence-electron chi connectivity index (χ2n) is 7.80. The van der Waals surface area contributed by atoms with Gasteiger partial charge in [0, 0.05) is 37.1 Å². The number of carbonyl (C=O) groups excluding carboxylic acids is 1. The summed E-state index contributed by atoms with van der Waals surface area (Å²) >= 11 is 0. The molecule has 0 N–H and O–H groups in total. The van der Waals surface area contributed by atoms with Crippen LogP contribution in [0.2, 0.25) is 0 Å². The smallest absolute Gasteiger partial charge is 0.357 e. The number of nitriles is 1. The average molecular weight is 430 g/mol. The van der Waals surface area contributed by atoms with Gasteiger partial charge in [-0.15, -0.1) is 0 Å². The summed E-state index contributed by atoms with van der Waals surface area (Å²) in [5, 5.41) is 8.98. The number of benzene rings is 1. The van der Waals surface area contributed by atoms with Crippen molar-refractivity contribution in [1.82, 2.24) is 9.88 Å². The third kappa shape index (κ3) is 5.97. The molecular weight excluding hydrogens is 405 g/mol. The van der Waals surface area contributed by atoms with Gasteiger partial charge in [0.05, 0.1) is 18.2 Å². The average Bonchev–Trinajstić information content (AvgIpc) is 2.74. The highest BCUT2D eigenvalue weighted by molar-refractivity contribution is 5.83. The van der Waals surface area contributed by atoms with Crippen molar-refractivity contribution in [2.75, 3.05) is 24.5 Å². The highest BCUT2D eigenvalue weighted by atomic mass is 19.4. The predicted molar refractivity (Wildman–Crippen MR) is 111 cm³/mol. The molecule has 2 heterocycles. The van der Waals surface area contributed by atoms with Crippen LogP contribution < -0.4 is 4.90 Å². The molecule has 0 aliphatic carbocycles. The Morgan fingerprint density at radius 1 is 1.23 bits per heavy atom. The van der Waals surface area contributed by atoms with Crippen LogP contribution in [0.3, 0.4) is 0 Å². The lowest BCUT2D eigenvalue weighted by molar-refractivity contribution is -0.162. The van der Waals surface area contributed by atoms with Crippen molar-refractivity contribution in [2.45, 2.75) is 44.8 Å². The zero-order chi connectivity index (χ0) is 22.4. The summed E-state index contributed by atoms with van der Waals surface area (Å²) in [6.45, 7) is 0.789. The molecule has 3 rings (SSSR count). The molecule has 0 radical (unpaired) electrons. The van der Waals surface area contributed by atoms with Gasteiger partial charge < -0.3 is 9.80 Å². The van der Waals surface area contributed by atoms with Crippen LogP contribution in [0.15, 0.2) is 42.7 Å². The molecule has 1 fully saturated rings. The van der Waals surface area contributed by atoms with E-state index >= 15 is 0 Å². The quantitative estimate of drug-likeness (QED) is 0.657. The van der Waals surface area contributed by atoms with Crippen LogP contribution in [0.25, 0.3) is 0 Å². The van der Waals surface area contributed by atoms with Gasteiger partial charge in [-0.05, 0) is 35.7 Å². The molecule has 8 heteroatoms. The Kier molecular flexibility index (Phi) is 7.16. The Morgan fingerprint density at radius 2 is 1.97 bits per heavy atom. The number of alkyl halides is 3. The van der Waals surface area contributed by atoms with E-state index in [2.05, 4.69) is 11.1 Å². The summed E-state index contributed by atoms with van der Waals surface area (Å²) in [6.07, 6.45) is 2.00. The first-order valence-corrected chi connectivity index (χ1v) is 10.3. The molecule has 1 aromatic carbocycles. The summed E-state index contributed by atoms with van der Waals surface area (Å²) in [7, 11) is 0.